The Morgan fingerprint density at radius 1 is 0.690 bits per heavy atom. The van der Waals surface area contributed by atoms with E-state index in [9.17, 15) is 60.0 Å². The number of carboxylic acid groups (broad SMARTS) is 1. The normalized spacial score (nSPS) is 25.0. The Bertz CT molecular complexity index is 1380. The number of carbonyl (C=O) groups is 4. The fraction of sp³-hybridized carbons (Fsp3) is 0.911. The van der Waals surface area contributed by atoms with Crippen LogP contribution in [0.1, 0.15) is 79.1 Å². The predicted molar refractivity (Wildman–Crippen MR) is 273 cm³/mol. The molecule has 2 rings (SSSR count). The summed E-state index contributed by atoms with van der Waals surface area (Å²) in [6.07, 6.45) is -9.54. The van der Waals surface area contributed by atoms with E-state index in [0.29, 0.717) is 45.3 Å². The number of nitrogens with two attached hydrogens (primary N) is 1. The number of Topliss-reactive ketones (excluding diaryl/α,β-unsaturated/α-hetero) is 2. The number of aliphatic carboxylic acids is 1. The summed E-state index contributed by atoms with van der Waals surface area (Å²) in [5, 5.41) is 87.0. The van der Waals surface area contributed by atoms with Crippen molar-refractivity contribution in [2.45, 2.75) is 140 Å². The summed E-state index contributed by atoms with van der Waals surface area (Å²) in [6.45, 7) is 8.44. The summed E-state index contributed by atoms with van der Waals surface area (Å²) in [6, 6.07) is 0. The molecule has 1 amide bonds. The number of hydrogen-bond donors (Lipinski definition) is 9. The van der Waals surface area contributed by atoms with Gasteiger partial charge >= 0.3 is 29.6 Å². The molecule has 0 spiro atoms. The van der Waals surface area contributed by atoms with Gasteiger partial charge in [0.1, 0.15) is 60.4 Å². The maximum atomic E-state index is 11.7. The van der Waals surface area contributed by atoms with Crippen LogP contribution in [-0.2, 0) is 43.1 Å². The first-order valence-corrected chi connectivity index (χ1v) is 28.6. The average Bonchev–Trinajstić information content (AvgIpc) is 3.33. The van der Waals surface area contributed by atoms with E-state index in [1.165, 1.54) is 19.1 Å². The van der Waals surface area contributed by atoms with Crippen molar-refractivity contribution in [3.8, 4) is 0 Å². The van der Waals surface area contributed by atoms with Crippen LogP contribution in [0.3, 0.4) is 0 Å². The SMILES string of the molecule is CCC(CCC(=O)NCCSCCSCCCN(C)OC)C(C)=O.CCC(CCC(=O)[O-])C(C)=O.CON(CCCSCCSCCN)[C@@H]1OC(CO)[C@@H](O[C@@H]2OC(CO)[C@H](O)[C@H](O)C2O)[C@H](O)C1O.[Na+]. The molecule has 0 radical (unpaired) electrons. The van der Waals surface area contributed by atoms with Crippen LogP contribution in [0.2, 0.25) is 0 Å². The van der Waals surface area contributed by atoms with Crippen LogP contribution < -0.4 is 45.7 Å². The third kappa shape index (κ3) is 31.8. The molecule has 26 heteroatoms. The number of nitrogens with one attached hydrogen (secondary N) is 1. The van der Waals surface area contributed by atoms with Gasteiger partial charge in [0.05, 0.1) is 27.4 Å². The van der Waals surface area contributed by atoms with Gasteiger partial charge in [-0.1, -0.05) is 13.8 Å². The Balaban J connectivity index is 0. The van der Waals surface area contributed by atoms with E-state index in [2.05, 4.69) is 5.32 Å². The van der Waals surface area contributed by atoms with Crippen LogP contribution in [0.15, 0.2) is 0 Å². The Labute approximate surface area is 461 Å². The van der Waals surface area contributed by atoms with Crippen molar-refractivity contribution in [1.82, 2.24) is 15.4 Å². The molecule has 2 aliphatic rings. The van der Waals surface area contributed by atoms with Gasteiger partial charge in [-0.3, -0.25) is 19.2 Å². The molecule has 12 atom stereocenters. The van der Waals surface area contributed by atoms with E-state index in [0.717, 1.165) is 71.8 Å². The molecule has 0 aromatic rings. The molecule has 0 bridgehead atoms. The van der Waals surface area contributed by atoms with Crippen molar-refractivity contribution >= 4 is 70.5 Å². The Hall–Kier alpha value is 0.0800. The molecular formula is C45H87N4NaO17S4. The predicted octanol–water partition coefficient (Wildman–Crippen LogP) is -3.73. The van der Waals surface area contributed by atoms with Gasteiger partial charge in [0.15, 0.2) is 12.5 Å². The van der Waals surface area contributed by atoms with Gasteiger partial charge in [0.25, 0.3) is 0 Å². The summed E-state index contributed by atoms with van der Waals surface area (Å²) in [4.78, 5) is 54.2. The first-order chi connectivity index (χ1) is 33.4. The summed E-state index contributed by atoms with van der Waals surface area (Å²) in [5.41, 5.74) is 5.47. The van der Waals surface area contributed by atoms with Crippen LogP contribution in [0, 0.1) is 11.8 Å². The van der Waals surface area contributed by atoms with Crippen LogP contribution in [0.4, 0.5) is 0 Å². The minimum atomic E-state index is -1.71. The Morgan fingerprint density at radius 2 is 1.21 bits per heavy atom. The summed E-state index contributed by atoms with van der Waals surface area (Å²) >= 11 is 7.42. The zero-order valence-corrected chi connectivity index (χ0v) is 48.6. The minimum Gasteiger partial charge on any atom is -0.550 e. The molecule has 2 aliphatic heterocycles. The molecule has 0 saturated carbocycles. The number of ether oxygens (including phenoxy) is 3. The maximum absolute atomic E-state index is 11.7. The van der Waals surface area contributed by atoms with Crippen LogP contribution in [0.25, 0.3) is 0 Å². The van der Waals surface area contributed by atoms with Crippen molar-refractivity contribution in [3.05, 3.63) is 0 Å². The second-order valence-corrected chi connectivity index (χ2v) is 21.5. The number of hydroxylamine groups is 4. The largest absolute Gasteiger partial charge is 1.00 e. The third-order valence-corrected chi connectivity index (χ3v) is 16.0. The Morgan fingerprint density at radius 3 is 1.69 bits per heavy atom. The number of rotatable bonds is 36. The molecule has 2 heterocycles. The van der Waals surface area contributed by atoms with Crippen molar-refractivity contribution < 1.29 is 113 Å². The molecule has 21 nitrogen and oxygen atoms in total. The van der Waals surface area contributed by atoms with Gasteiger partial charge in [0.2, 0.25) is 5.91 Å². The van der Waals surface area contributed by atoms with Crippen LogP contribution >= 0.6 is 47.0 Å². The standard InChI is InChI=1S/C20H40N2O11S2.C17H34N2O3S2.C8H14O3.Na/c1-30-22(4-2-5-34-7-8-35-6-3-21)19-16(28)15(27)18(12(10-24)31-19)33-20-17(29)14(26)13(25)11(9-23)32-20;1-5-16(15(2)20)7-8-17(21)18-9-12-24-14-13-23-11-6-10-19(3)22-4;1-3-7(6(2)9)4-5-8(10)11;/h11-20,23-29H,2-10,21H2,1H3;16H,5-14H2,1-4H3,(H,18,21);7H,3-5H2,1-2H3,(H,10,11);/q;;;+1/p-1/t11?,12?,13-,14-,15+,16?,17?,18+,19+,20-;;;/m0.../s1. The number of carbonyl (C=O) groups excluding carboxylic acids is 4. The first-order valence-electron chi connectivity index (χ1n) is 24.0. The Kier molecular flexibility index (Phi) is 46.5. The molecule has 2 fully saturated rings. The van der Waals surface area contributed by atoms with E-state index in [1.807, 2.05) is 49.5 Å². The first kappa shape index (κ1) is 73.2. The monoisotopic (exact) mass is 1110 g/mol. The van der Waals surface area contributed by atoms with E-state index in [1.54, 1.807) is 37.6 Å². The average molecular weight is 1110 g/mol. The van der Waals surface area contributed by atoms with Crippen molar-refractivity contribution in [3.63, 3.8) is 0 Å². The molecule has 0 aliphatic carbocycles. The fourth-order valence-electron chi connectivity index (χ4n) is 7.00. The van der Waals surface area contributed by atoms with Crippen LogP contribution in [0.5, 0.6) is 0 Å². The number of thioether (sulfide) groups is 4. The number of amides is 1. The van der Waals surface area contributed by atoms with Crippen molar-refractivity contribution in [2.75, 3.05) is 107 Å². The van der Waals surface area contributed by atoms with Gasteiger partial charge in [-0.2, -0.15) is 57.2 Å². The molecular weight excluding hydrogens is 1020 g/mol. The molecule has 0 aromatic carbocycles. The quantitative estimate of drug-likeness (QED) is 0.0166. The second-order valence-electron chi connectivity index (χ2n) is 16.6. The number of carboxylic acids is 1. The van der Waals surface area contributed by atoms with Gasteiger partial charge < -0.3 is 75.7 Å². The van der Waals surface area contributed by atoms with Gasteiger partial charge in [-0.05, 0) is 70.3 Å². The number of aliphatic hydroxyl groups excluding tert-OH is 7. The molecule has 414 valence electrons. The van der Waals surface area contributed by atoms with E-state index in [4.69, 9.17) is 29.6 Å². The number of hydrogen-bond acceptors (Lipinski definition) is 24. The van der Waals surface area contributed by atoms with E-state index in [-0.39, 0.29) is 65.3 Å². The zero-order valence-electron chi connectivity index (χ0n) is 43.3. The van der Waals surface area contributed by atoms with Gasteiger partial charge in [0, 0.05) is 92.0 Å². The molecule has 71 heavy (non-hydrogen) atoms. The topological polar surface area (TPSA) is 324 Å². The number of nitrogens with zero attached hydrogens (tertiary/aromatic N) is 2. The van der Waals surface area contributed by atoms with Gasteiger partial charge in [-0.25, -0.2) is 0 Å². The number of aliphatic hydroxyl groups is 7. The second kappa shape index (κ2) is 45.1. The minimum absolute atomic E-state index is 0. The maximum Gasteiger partial charge on any atom is 1.00 e. The van der Waals surface area contributed by atoms with Crippen molar-refractivity contribution in [2.24, 2.45) is 17.6 Å². The third-order valence-electron chi connectivity index (χ3n) is 11.4. The van der Waals surface area contributed by atoms with E-state index < -0.39 is 80.5 Å². The van der Waals surface area contributed by atoms with E-state index >= 15 is 0 Å². The zero-order chi connectivity index (χ0) is 53.0. The molecule has 6 unspecified atom stereocenters. The number of ketones is 2. The van der Waals surface area contributed by atoms with Crippen molar-refractivity contribution in [1.29, 1.82) is 0 Å². The summed E-state index contributed by atoms with van der Waals surface area (Å²) < 4.78 is 16.7. The molecule has 10 N–H and O–H groups in total. The van der Waals surface area contributed by atoms with Crippen LogP contribution in [-0.4, -0.2) is 237 Å². The fourth-order valence-corrected chi connectivity index (χ4v) is 10.8. The molecule has 0 aromatic heterocycles. The molecule has 2 saturated heterocycles. The summed E-state index contributed by atoms with van der Waals surface area (Å²) in [5.74, 6) is 7.31. The van der Waals surface area contributed by atoms with Gasteiger partial charge in [-0.15, -0.1) is 0 Å². The smallest absolute Gasteiger partial charge is 0.550 e. The summed E-state index contributed by atoms with van der Waals surface area (Å²) in [7, 11) is 5.04.